The molecule has 4 aromatic carbocycles. The van der Waals surface area contributed by atoms with E-state index < -0.39 is 12.1 Å². The molecule has 0 aliphatic carbocycles. The minimum Gasteiger partial charge on any atom is -0.496 e. The third kappa shape index (κ3) is 8.71. The molecule has 4 bridgehead atoms. The van der Waals surface area contributed by atoms with Gasteiger partial charge in [-0.3, -0.25) is 4.90 Å². The Morgan fingerprint density at radius 3 is 2.58 bits per heavy atom. The Morgan fingerprint density at radius 2 is 1.77 bits per heavy atom. The number of methoxy groups -OCH3 is 1. The molecule has 7 aromatic rings. The first-order valence-electron chi connectivity index (χ1n) is 20.4. The summed E-state index contributed by atoms with van der Waals surface area (Å²) in [4.78, 5) is 35.5. The van der Waals surface area contributed by atoms with Gasteiger partial charge in [-0.05, 0) is 95.5 Å². The number of carbonyl (C=O) groups is 1. The van der Waals surface area contributed by atoms with Crippen molar-refractivity contribution in [3.63, 3.8) is 0 Å². The number of hydrogen-bond acceptors (Lipinski definition) is 11. The fourth-order valence-corrected chi connectivity index (χ4v) is 9.68. The third-order valence-electron chi connectivity index (χ3n) is 11.4. The van der Waals surface area contributed by atoms with Crippen molar-refractivity contribution in [1.29, 1.82) is 0 Å². The fraction of sp³-hybridized carbons (Fsp3) is 0.271. The number of benzene rings is 4. The number of halogens is 2. The smallest absolute Gasteiger partial charge is 0.345 e. The highest BCUT2D eigenvalue weighted by Crippen LogP contribution is 2.49. The zero-order valence-electron chi connectivity index (χ0n) is 34.1. The predicted octanol–water partition coefficient (Wildman–Crippen LogP) is 9.99. The average molecular weight is 872 g/mol. The summed E-state index contributed by atoms with van der Waals surface area (Å²) in [6.45, 7) is 5.51. The molecule has 1 unspecified atom stereocenters. The molecular formula is C48H43ClFN5O6S. The normalized spacial score (nSPS) is 16.0. The second kappa shape index (κ2) is 18.2. The molecule has 14 heteroatoms. The van der Waals surface area contributed by atoms with Crippen molar-refractivity contribution in [1.82, 2.24) is 24.8 Å². The van der Waals surface area contributed by atoms with Gasteiger partial charge in [0.2, 0.25) is 12.0 Å². The number of aromatic nitrogens is 4. The molecular weight excluding hydrogens is 829 g/mol. The second-order valence-corrected chi connectivity index (χ2v) is 16.9. The molecule has 10 rings (SSSR count). The van der Waals surface area contributed by atoms with Gasteiger partial charge in [-0.15, -0.1) is 11.3 Å². The number of carboxylic acid groups (broad SMARTS) is 1. The fourth-order valence-electron chi connectivity index (χ4n) is 8.30. The molecule has 316 valence electrons. The highest BCUT2D eigenvalue weighted by Gasteiger charge is 2.29. The number of para-hydroxylation sites is 1. The van der Waals surface area contributed by atoms with E-state index in [2.05, 4.69) is 32.0 Å². The number of carboxylic acids is 1. The first kappa shape index (κ1) is 41.4. The van der Waals surface area contributed by atoms with Gasteiger partial charge < -0.3 is 24.1 Å². The summed E-state index contributed by atoms with van der Waals surface area (Å²) in [6.07, 6.45) is 3.56. The van der Waals surface area contributed by atoms with Crippen LogP contribution in [-0.4, -0.2) is 68.9 Å². The summed E-state index contributed by atoms with van der Waals surface area (Å²) < 4.78 is 38.5. The maximum Gasteiger partial charge on any atom is 0.345 e. The predicted molar refractivity (Wildman–Crippen MR) is 236 cm³/mol. The monoisotopic (exact) mass is 871 g/mol. The lowest BCUT2D eigenvalue weighted by Gasteiger charge is -2.31. The Labute approximate surface area is 367 Å². The molecule has 3 aromatic heterocycles. The van der Waals surface area contributed by atoms with E-state index in [4.69, 9.17) is 35.5 Å². The molecule has 0 amide bonds. The Morgan fingerprint density at radius 1 is 0.952 bits per heavy atom. The van der Waals surface area contributed by atoms with Gasteiger partial charge in [0.25, 0.3) is 0 Å². The van der Waals surface area contributed by atoms with E-state index in [1.165, 1.54) is 29.8 Å². The van der Waals surface area contributed by atoms with E-state index in [1.807, 2.05) is 49.4 Å². The van der Waals surface area contributed by atoms with Crippen LogP contribution in [0.3, 0.4) is 0 Å². The minimum atomic E-state index is -1.37. The molecule has 62 heavy (non-hydrogen) atoms. The Kier molecular flexibility index (Phi) is 12.1. The third-order valence-corrected chi connectivity index (χ3v) is 13.1. The van der Waals surface area contributed by atoms with Gasteiger partial charge in [0.05, 0.1) is 23.8 Å². The van der Waals surface area contributed by atoms with Gasteiger partial charge in [0.15, 0.2) is 5.82 Å². The molecule has 0 radical (unpaired) electrons. The largest absolute Gasteiger partial charge is 0.496 e. The van der Waals surface area contributed by atoms with E-state index in [1.54, 1.807) is 31.5 Å². The number of hydrogen-bond donors (Lipinski definition) is 1. The molecule has 1 fully saturated rings. The lowest BCUT2D eigenvalue weighted by atomic mass is 9.94. The van der Waals surface area contributed by atoms with E-state index in [0.717, 1.165) is 76.4 Å². The number of rotatable bonds is 9. The zero-order chi connectivity index (χ0) is 42.7. The van der Waals surface area contributed by atoms with Crippen LogP contribution in [0.5, 0.6) is 17.4 Å². The van der Waals surface area contributed by atoms with Crippen molar-refractivity contribution in [3.05, 3.63) is 136 Å². The topological polar surface area (TPSA) is 129 Å². The molecule has 1 atom stereocenters. The van der Waals surface area contributed by atoms with Crippen LogP contribution in [0.2, 0.25) is 5.02 Å². The van der Waals surface area contributed by atoms with Crippen LogP contribution in [0.15, 0.2) is 97.5 Å². The number of fused-ring (bicyclic) bond motifs is 6. The molecule has 11 nitrogen and oxygen atoms in total. The average Bonchev–Trinajstić information content (AvgIpc) is 3.68. The van der Waals surface area contributed by atoms with Crippen molar-refractivity contribution < 1.29 is 33.2 Å². The number of ether oxygens (including phenoxy) is 4. The van der Waals surface area contributed by atoms with Gasteiger partial charge in [-0.2, -0.15) is 0 Å². The SMILES string of the molecule is COc1ccccc1-c1nccc(COc2ccc3cc2CC(C(=O)O)Oc2ncnc4sc(-c5ccc(F)cc5)c(c24)-c2ccc(c(Cl)c2C)CN(CC2CCOCC2)C3)n1. The lowest BCUT2D eigenvalue weighted by molar-refractivity contribution is -0.145. The molecule has 3 aliphatic rings. The van der Waals surface area contributed by atoms with Crippen molar-refractivity contribution in [2.75, 3.05) is 26.9 Å². The standard InChI is InChI=1S/C48H43ClFN5O6S/c1-28-36-13-10-32(43(28)49)25-55(23-29-16-19-59-20-17-29)24-30-7-14-38(60-26-35-15-18-51-45(54-35)37-5-3-4-6-39(37)58-2)33(21-30)22-40(48(56)57)61-46-42-41(36)44(62-47(42)53-27-52-46)31-8-11-34(50)12-9-31/h3-15,18,21,27,29,40H,16-17,19-20,22-26H2,1-2H3,(H,56,57). The van der Waals surface area contributed by atoms with E-state index >= 15 is 0 Å². The van der Waals surface area contributed by atoms with Gasteiger partial charge in [-0.25, -0.2) is 29.1 Å². The highest BCUT2D eigenvalue weighted by atomic mass is 35.5. The van der Waals surface area contributed by atoms with Crippen LogP contribution in [0.4, 0.5) is 4.39 Å². The maximum absolute atomic E-state index is 14.2. The molecule has 1 saturated heterocycles. The van der Waals surface area contributed by atoms with Gasteiger partial charge >= 0.3 is 5.97 Å². The molecule has 1 N–H and O–H groups in total. The summed E-state index contributed by atoms with van der Waals surface area (Å²) in [6, 6.07) is 25.6. The van der Waals surface area contributed by atoms with Crippen LogP contribution in [-0.2, 0) is 35.6 Å². The first-order chi connectivity index (χ1) is 30.2. The summed E-state index contributed by atoms with van der Waals surface area (Å²) >= 11 is 8.75. The van der Waals surface area contributed by atoms with Crippen LogP contribution >= 0.6 is 22.9 Å². The Bertz CT molecular complexity index is 2760. The van der Waals surface area contributed by atoms with E-state index in [9.17, 15) is 14.3 Å². The van der Waals surface area contributed by atoms with Gasteiger partial charge in [-0.1, -0.05) is 60.1 Å². The van der Waals surface area contributed by atoms with Crippen LogP contribution in [0.1, 0.15) is 40.8 Å². The summed E-state index contributed by atoms with van der Waals surface area (Å²) in [5.74, 6) is 0.648. The Balaban J connectivity index is 1.15. The van der Waals surface area contributed by atoms with Gasteiger partial charge in [0.1, 0.15) is 35.1 Å². The van der Waals surface area contributed by atoms with Crippen LogP contribution < -0.4 is 14.2 Å². The molecule has 0 spiro atoms. The summed E-state index contributed by atoms with van der Waals surface area (Å²) in [5.41, 5.74) is 7.14. The molecule has 3 aliphatic heterocycles. The maximum atomic E-state index is 14.2. The highest BCUT2D eigenvalue weighted by molar-refractivity contribution is 7.22. The van der Waals surface area contributed by atoms with E-state index in [-0.39, 0.29) is 24.7 Å². The van der Waals surface area contributed by atoms with Crippen LogP contribution in [0.25, 0.3) is 43.2 Å². The van der Waals surface area contributed by atoms with Crippen molar-refractivity contribution in [2.24, 2.45) is 5.92 Å². The number of thiophene rings is 1. The van der Waals surface area contributed by atoms with E-state index in [0.29, 0.717) is 62.8 Å². The number of aliphatic carboxylic acids is 1. The van der Waals surface area contributed by atoms with Crippen molar-refractivity contribution in [2.45, 2.75) is 52.0 Å². The summed E-state index contributed by atoms with van der Waals surface area (Å²) in [5, 5.41) is 12.0. The first-order valence-corrected chi connectivity index (χ1v) is 21.6. The second-order valence-electron chi connectivity index (χ2n) is 15.6. The lowest BCUT2D eigenvalue weighted by Crippen LogP contribution is -2.32. The quantitative estimate of drug-likeness (QED) is 0.149. The molecule has 0 saturated carbocycles. The minimum absolute atomic E-state index is 0.0386. The van der Waals surface area contributed by atoms with Gasteiger partial charge in [0, 0.05) is 60.9 Å². The summed E-state index contributed by atoms with van der Waals surface area (Å²) in [7, 11) is 1.61. The molecule has 6 heterocycles. The van der Waals surface area contributed by atoms with Crippen molar-refractivity contribution in [3.8, 4) is 50.3 Å². The Hall–Kier alpha value is -5.99. The van der Waals surface area contributed by atoms with Crippen LogP contribution in [0, 0.1) is 18.7 Å². The van der Waals surface area contributed by atoms with Crippen molar-refractivity contribution >= 4 is 39.1 Å². The zero-order valence-corrected chi connectivity index (χ0v) is 35.7. The number of nitrogens with zero attached hydrogens (tertiary/aromatic N) is 5.